The van der Waals surface area contributed by atoms with Crippen LogP contribution in [0.1, 0.15) is 36.4 Å². The van der Waals surface area contributed by atoms with Gasteiger partial charge in [0.2, 0.25) is 0 Å². The van der Waals surface area contributed by atoms with Gasteiger partial charge in [-0.1, -0.05) is 13.8 Å². The molecule has 0 aliphatic carbocycles. The first-order chi connectivity index (χ1) is 7.68. The monoisotopic (exact) mass is 240 g/mol. The highest BCUT2D eigenvalue weighted by Crippen LogP contribution is 2.14. The lowest BCUT2D eigenvalue weighted by molar-refractivity contribution is 0.542. The largest absolute Gasteiger partial charge is 0.315 e. The molecule has 0 unspecified atom stereocenters. The molecule has 0 saturated heterocycles. The lowest BCUT2D eigenvalue weighted by Crippen LogP contribution is -2.24. The third kappa shape index (κ3) is 6.26. The molecule has 0 saturated carbocycles. The van der Waals surface area contributed by atoms with Gasteiger partial charge in [-0.05, 0) is 45.0 Å². The second kappa shape index (κ2) is 7.82. The summed E-state index contributed by atoms with van der Waals surface area (Å²) in [4.78, 5) is 2.84. The van der Waals surface area contributed by atoms with E-state index in [1.165, 1.54) is 22.6 Å². The Bertz CT molecular complexity index is 281. The normalized spacial score (nSPS) is 11.2. The molecule has 0 radical (unpaired) electrons. The fraction of sp³-hybridized carbons (Fsp3) is 0.692. The van der Waals surface area contributed by atoms with Crippen LogP contribution in [0.4, 0.5) is 0 Å². The summed E-state index contributed by atoms with van der Waals surface area (Å²) in [7, 11) is 0. The van der Waals surface area contributed by atoms with Crippen LogP contribution in [0.25, 0.3) is 0 Å². The van der Waals surface area contributed by atoms with Crippen LogP contribution < -0.4 is 10.6 Å². The van der Waals surface area contributed by atoms with Gasteiger partial charge in [0, 0.05) is 22.3 Å². The molecule has 0 amide bonds. The zero-order valence-electron chi connectivity index (χ0n) is 10.7. The van der Waals surface area contributed by atoms with Crippen LogP contribution in [0, 0.1) is 6.92 Å². The first-order valence-electron chi connectivity index (χ1n) is 6.18. The van der Waals surface area contributed by atoms with Crippen molar-refractivity contribution >= 4 is 11.3 Å². The molecule has 0 aromatic carbocycles. The number of unbranched alkanes of at least 4 members (excludes halogenated alkanes) is 1. The van der Waals surface area contributed by atoms with Gasteiger partial charge in [-0.2, -0.15) is 0 Å². The summed E-state index contributed by atoms with van der Waals surface area (Å²) < 4.78 is 0. The van der Waals surface area contributed by atoms with Gasteiger partial charge in [0.15, 0.2) is 0 Å². The number of rotatable bonds is 8. The molecule has 1 aromatic rings. The van der Waals surface area contributed by atoms with Crippen molar-refractivity contribution in [2.75, 3.05) is 13.1 Å². The van der Waals surface area contributed by atoms with E-state index in [9.17, 15) is 0 Å². The molecule has 2 nitrogen and oxygen atoms in total. The Morgan fingerprint density at radius 3 is 2.56 bits per heavy atom. The molecular formula is C13H24N2S. The van der Waals surface area contributed by atoms with Gasteiger partial charge in [-0.3, -0.25) is 0 Å². The second-order valence-corrected chi connectivity index (χ2v) is 5.88. The van der Waals surface area contributed by atoms with Gasteiger partial charge >= 0.3 is 0 Å². The highest BCUT2D eigenvalue weighted by molar-refractivity contribution is 7.11. The van der Waals surface area contributed by atoms with E-state index in [0.29, 0.717) is 6.04 Å². The molecule has 0 spiro atoms. The third-order valence-corrected chi connectivity index (χ3v) is 3.43. The molecule has 16 heavy (non-hydrogen) atoms. The standard InChI is InChI=1S/C13H24N2S/c1-11(2)15-9-5-4-8-14-10-13-7-6-12(3)16-13/h6-7,11,14-15H,4-5,8-10H2,1-3H3. The summed E-state index contributed by atoms with van der Waals surface area (Å²) in [6.45, 7) is 9.82. The minimum Gasteiger partial charge on any atom is -0.315 e. The predicted molar refractivity (Wildman–Crippen MR) is 73.1 cm³/mol. The fourth-order valence-electron chi connectivity index (χ4n) is 1.56. The summed E-state index contributed by atoms with van der Waals surface area (Å²) in [5.41, 5.74) is 0. The van der Waals surface area contributed by atoms with Crippen molar-refractivity contribution in [2.45, 2.75) is 46.2 Å². The van der Waals surface area contributed by atoms with E-state index < -0.39 is 0 Å². The molecular weight excluding hydrogens is 216 g/mol. The molecule has 0 fully saturated rings. The number of aryl methyl sites for hydroxylation is 1. The van der Waals surface area contributed by atoms with Crippen LogP contribution >= 0.6 is 11.3 Å². The topological polar surface area (TPSA) is 24.1 Å². The van der Waals surface area contributed by atoms with Crippen molar-refractivity contribution in [2.24, 2.45) is 0 Å². The van der Waals surface area contributed by atoms with E-state index >= 15 is 0 Å². The number of nitrogens with one attached hydrogen (secondary N) is 2. The van der Waals surface area contributed by atoms with E-state index in [1.807, 2.05) is 11.3 Å². The van der Waals surface area contributed by atoms with E-state index in [4.69, 9.17) is 0 Å². The highest BCUT2D eigenvalue weighted by atomic mass is 32.1. The Morgan fingerprint density at radius 2 is 1.94 bits per heavy atom. The molecule has 92 valence electrons. The molecule has 0 aliphatic rings. The zero-order chi connectivity index (χ0) is 11.8. The van der Waals surface area contributed by atoms with E-state index in [0.717, 1.165) is 19.6 Å². The average molecular weight is 240 g/mol. The van der Waals surface area contributed by atoms with Crippen LogP contribution in [-0.4, -0.2) is 19.1 Å². The fourth-order valence-corrected chi connectivity index (χ4v) is 2.42. The molecule has 2 N–H and O–H groups in total. The number of thiophene rings is 1. The van der Waals surface area contributed by atoms with Gasteiger partial charge in [-0.25, -0.2) is 0 Å². The summed E-state index contributed by atoms with van der Waals surface area (Å²) in [6.07, 6.45) is 2.51. The maximum Gasteiger partial charge on any atom is 0.0299 e. The van der Waals surface area contributed by atoms with Crippen LogP contribution in [0.3, 0.4) is 0 Å². The van der Waals surface area contributed by atoms with Gasteiger partial charge in [-0.15, -0.1) is 11.3 Å². The second-order valence-electron chi connectivity index (χ2n) is 4.51. The first kappa shape index (κ1) is 13.7. The van der Waals surface area contributed by atoms with Crippen molar-refractivity contribution in [1.29, 1.82) is 0 Å². The van der Waals surface area contributed by atoms with Crippen molar-refractivity contribution in [3.8, 4) is 0 Å². The number of hydrogen-bond donors (Lipinski definition) is 2. The van der Waals surface area contributed by atoms with Crippen LogP contribution in [0.5, 0.6) is 0 Å². The molecule has 0 bridgehead atoms. The van der Waals surface area contributed by atoms with Gasteiger partial charge in [0.25, 0.3) is 0 Å². The quantitative estimate of drug-likeness (QED) is 0.683. The van der Waals surface area contributed by atoms with E-state index in [-0.39, 0.29) is 0 Å². The average Bonchev–Trinajstić information content (AvgIpc) is 2.62. The summed E-state index contributed by atoms with van der Waals surface area (Å²) in [5.74, 6) is 0. The lowest BCUT2D eigenvalue weighted by atomic mass is 10.3. The Labute approximate surface area is 103 Å². The molecule has 0 aliphatic heterocycles. The Balaban J connectivity index is 1.92. The van der Waals surface area contributed by atoms with Gasteiger partial charge < -0.3 is 10.6 Å². The van der Waals surface area contributed by atoms with Crippen molar-refractivity contribution < 1.29 is 0 Å². The van der Waals surface area contributed by atoms with Gasteiger partial charge in [0.1, 0.15) is 0 Å². The smallest absolute Gasteiger partial charge is 0.0299 e. The van der Waals surface area contributed by atoms with E-state index in [2.05, 4.69) is 43.5 Å². The van der Waals surface area contributed by atoms with Crippen molar-refractivity contribution in [3.05, 3.63) is 21.9 Å². The summed E-state index contributed by atoms with van der Waals surface area (Å²) in [5, 5.41) is 6.92. The SMILES string of the molecule is Cc1ccc(CNCCCCNC(C)C)s1. The number of hydrogen-bond acceptors (Lipinski definition) is 3. The zero-order valence-corrected chi connectivity index (χ0v) is 11.5. The molecule has 0 atom stereocenters. The van der Waals surface area contributed by atoms with Crippen LogP contribution in [0.2, 0.25) is 0 Å². The lowest BCUT2D eigenvalue weighted by Gasteiger charge is -2.07. The van der Waals surface area contributed by atoms with Gasteiger partial charge in [0.05, 0.1) is 0 Å². The van der Waals surface area contributed by atoms with Crippen LogP contribution in [-0.2, 0) is 6.54 Å². The highest BCUT2D eigenvalue weighted by Gasteiger charge is 1.96. The predicted octanol–water partition coefficient (Wildman–Crippen LogP) is 2.92. The molecule has 1 rings (SSSR count). The van der Waals surface area contributed by atoms with Crippen molar-refractivity contribution in [1.82, 2.24) is 10.6 Å². The third-order valence-electron chi connectivity index (χ3n) is 2.43. The molecule has 3 heteroatoms. The summed E-state index contributed by atoms with van der Waals surface area (Å²) >= 11 is 1.89. The first-order valence-corrected chi connectivity index (χ1v) is 6.99. The maximum absolute atomic E-state index is 3.49. The Kier molecular flexibility index (Phi) is 6.69. The molecule has 1 heterocycles. The van der Waals surface area contributed by atoms with E-state index in [1.54, 1.807) is 0 Å². The minimum absolute atomic E-state index is 0.613. The van der Waals surface area contributed by atoms with Crippen molar-refractivity contribution in [3.63, 3.8) is 0 Å². The summed E-state index contributed by atoms with van der Waals surface area (Å²) in [6, 6.07) is 5.02. The minimum atomic E-state index is 0.613. The molecule has 1 aromatic heterocycles. The van der Waals surface area contributed by atoms with Crippen LogP contribution in [0.15, 0.2) is 12.1 Å². The Hall–Kier alpha value is -0.380. The Morgan fingerprint density at radius 1 is 1.19 bits per heavy atom. The maximum atomic E-state index is 3.49.